The molecular formula is C21H21NO2. The molecule has 24 heavy (non-hydrogen) atoms. The van der Waals surface area contributed by atoms with E-state index in [9.17, 15) is 4.79 Å². The number of carbonyl (C=O) groups is 1. The van der Waals surface area contributed by atoms with Crippen LogP contribution in [0.4, 0.5) is 5.69 Å². The third-order valence-corrected chi connectivity index (χ3v) is 4.23. The van der Waals surface area contributed by atoms with Gasteiger partial charge in [-0.25, -0.2) is 0 Å². The van der Waals surface area contributed by atoms with Crippen molar-refractivity contribution < 1.29 is 9.53 Å². The Balaban J connectivity index is 1.82. The van der Waals surface area contributed by atoms with Crippen molar-refractivity contribution in [2.75, 3.05) is 11.9 Å². The number of ether oxygens (including phenoxy) is 1. The van der Waals surface area contributed by atoms with Crippen molar-refractivity contribution in [1.82, 2.24) is 0 Å². The summed E-state index contributed by atoms with van der Waals surface area (Å²) in [5, 5.41) is 3.00. The maximum atomic E-state index is 12.7. The molecule has 0 spiro atoms. The van der Waals surface area contributed by atoms with Crippen LogP contribution in [0.5, 0.6) is 5.75 Å². The van der Waals surface area contributed by atoms with Crippen LogP contribution in [-0.4, -0.2) is 12.5 Å². The number of benzene rings is 1. The van der Waals surface area contributed by atoms with E-state index >= 15 is 0 Å². The van der Waals surface area contributed by atoms with Gasteiger partial charge < -0.3 is 10.1 Å². The zero-order valence-electron chi connectivity index (χ0n) is 14.3. The first-order valence-corrected chi connectivity index (χ1v) is 8.21. The molecule has 122 valence electrons. The SMILES string of the molecule is C/C=C(/C(=O)Nc1ccc2c(c1)CC(C)CO2)c1ccc#cc1C. The van der Waals surface area contributed by atoms with Gasteiger partial charge in [0.15, 0.2) is 0 Å². The van der Waals surface area contributed by atoms with Crippen molar-refractivity contribution in [3.8, 4) is 5.75 Å². The van der Waals surface area contributed by atoms with Crippen molar-refractivity contribution in [1.29, 1.82) is 0 Å². The largest absolute Gasteiger partial charge is 0.493 e. The lowest BCUT2D eigenvalue weighted by Crippen LogP contribution is -2.19. The molecule has 1 N–H and O–H groups in total. The predicted octanol–water partition coefficient (Wildman–Crippen LogP) is 4.21. The van der Waals surface area contributed by atoms with E-state index in [4.69, 9.17) is 4.74 Å². The van der Waals surface area contributed by atoms with Crippen LogP contribution in [0.2, 0.25) is 0 Å². The Morgan fingerprint density at radius 3 is 2.96 bits per heavy atom. The van der Waals surface area contributed by atoms with Gasteiger partial charge in [0, 0.05) is 16.8 Å². The zero-order chi connectivity index (χ0) is 17.1. The quantitative estimate of drug-likeness (QED) is 0.861. The summed E-state index contributed by atoms with van der Waals surface area (Å²) < 4.78 is 5.72. The fourth-order valence-electron chi connectivity index (χ4n) is 2.99. The first kappa shape index (κ1) is 16.1. The number of anilines is 1. The molecular weight excluding hydrogens is 298 g/mol. The second kappa shape index (κ2) is 6.80. The summed E-state index contributed by atoms with van der Waals surface area (Å²) in [6, 6.07) is 15.4. The molecule has 0 aliphatic carbocycles. The number of fused-ring (bicyclic) bond motifs is 1. The fraction of sp³-hybridized carbons (Fsp3) is 0.286. The van der Waals surface area contributed by atoms with Crippen LogP contribution in [0.15, 0.2) is 36.4 Å². The highest BCUT2D eigenvalue weighted by atomic mass is 16.5. The van der Waals surface area contributed by atoms with Crippen LogP contribution in [-0.2, 0) is 11.2 Å². The minimum atomic E-state index is -0.120. The van der Waals surface area contributed by atoms with Crippen molar-refractivity contribution in [3.05, 3.63) is 65.2 Å². The Morgan fingerprint density at radius 1 is 1.38 bits per heavy atom. The molecule has 0 saturated carbocycles. The van der Waals surface area contributed by atoms with Crippen LogP contribution in [0.3, 0.4) is 0 Å². The lowest BCUT2D eigenvalue weighted by atomic mass is 9.97. The number of carbonyl (C=O) groups excluding carboxylic acids is 1. The predicted molar refractivity (Wildman–Crippen MR) is 95.9 cm³/mol. The number of hydrogen-bond acceptors (Lipinski definition) is 2. The van der Waals surface area contributed by atoms with Gasteiger partial charge in [-0.2, -0.15) is 0 Å². The maximum Gasteiger partial charge on any atom is 0.255 e. The Kier molecular flexibility index (Phi) is 4.57. The molecule has 3 nitrogen and oxygen atoms in total. The molecule has 2 aromatic carbocycles. The van der Waals surface area contributed by atoms with E-state index in [1.807, 2.05) is 44.2 Å². The van der Waals surface area contributed by atoms with E-state index in [0.717, 1.165) is 41.2 Å². The molecule has 1 aliphatic rings. The van der Waals surface area contributed by atoms with Gasteiger partial charge >= 0.3 is 0 Å². The molecule has 0 radical (unpaired) electrons. The minimum absolute atomic E-state index is 0.120. The average molecular weight is 319 g/mol. The number of rotatable bonds is 3. The van der Waals surface area contributed by atoms with E-state index < -0.39 is 0 Å². The van der Waals surface area contributed by atoms with E-state index in [2.05, 4.69) is 24.4 Å². The van der Waals surface area contributed by atoms with Gasteiger partial charge in [-0.3, -0.25) is 4.79 Å². The molecule has 1 amide bonds. The molecule has 1 atom stereocenters. The topological polar surface area (TPSA) is 38.3 Å². The Bertz CT molecular complexity index is 792. The second-order valence-electron chi connectivity index (χ2n) is 6.24. The molecule has 2 aromatic rings. The van der Waals surface area contributed by atoms with E-state index in [1.54, 1.807) is 6.07 Å². The average Bonchev–Trinajstić information content (AvgIpc) is 2.57. The van der Waals surface area contributed by atoms with Gasteiger partial charge in [-0.05, 0) is 67.6 Å². The summed E-state index contributed by atoms with van der Waals surface area (Å²) in [7, 11) is 0. The molecule has 0 saturated heterocycles. The van der Waals surface area contributed by atoms with Crippen LogP contribution in [0.1, 0.15) is 30.5 Å². The van der Waals surface area contributed by atoms with Crippen LogP contribution in [0.25, 0.3) is 5.57 Å². The van der Waals surface area contributed by atoms with Gasteiger partial charge in [-0.1, -0.05) is 25.1 Å². The van der Waals surface area contributed by atoms with Gasteiger partial charge in [0.25, 0.3) is 5.91 Å². The molecule has 0 aromatic heterocycles. The van der Waals surface area contributed by atoms with Crippen molar-refractivity contribution in [2.24, 2.45) is 5.92 Å². The summed E-state index contributed by atoms with van der Waals surface area (Å²) in [5.74, 6) is 1.29. The molecule has 3 rings (SSSR count). The third kappa shape index (κ3) is 3.28. The van der Waals surface area contributed by atoms with Crippen LogP contribution >= 0.6 is 0 Å². The van der Waals surface area contributed by atoms with Gasteiger partial charge in [0.05, 0.1) is 6.61 Å². The number of nitrogens with one attached hydrogen (secondary N) is 1. The Labute approximate surface area is 143 Å². The van der Waals surface area contributed by atoms with Crippen molar-refractivity contribution in [2.45, 2.75) is 27.2 Å². The van der Waals surface area contributed by atoms with Crippen molar-refractivity contribution in [3.63, 3.8) is 0 Å². The van der Waals surface area contributed by atoms with Gasteiger partial charge in [-0.15, -0.1) is 0 Å². The summed E-state index contributed by atoms with van der Waals surface area (Å²) >= 11 is 0. The highest BCUT2D eigenvalue weighted by Gasteiger charge is 2.18. The first-order chi connectivity index (χ1) is 11.6. The zero-order valence-corrected chi connectivity index (χ0v) is 14.3. The summed E-state index contributed by atoms with van der Waals surface area (Å²) in [6.07, 6.45) is 2.80. The molecule has 3 heteroatoms. The number of amides is 1. The third-order valence-electron chi connectivity index (χ3n) is 4.23. The van der Waals surface area contributed by atoms with Crippen LogP contribution < -0.4 is 10.1 Å². The second-order valence-corrected chi connectivity index (χ2v) is 6.24. The lowest BCUT2D eigenvalue weighted by molar-refractivity contribution is -0.111. The van der Waals surface area contributed by atoms with E-state index in [-0.39, 0.29) is 5.91 Å². The van der Waals surface area contributed by atoms with E-state index in [1.165, 1.54) is 0 Å². The van der Waals surface area contributed by atoms with Crippen LogP contribution in [0, 0.1) is 25.0 Å². The molecule has 0 fully saturated rings. The summed E-state index contributed by atoms with van der Waals surface area (Å²) in [5.41, 5.74) is 4.37. The Hall–Kier alpha value is -2.73. The first-order valence-electron chi connectivity index (χ1n) is 8.21. The summed E-state index contributed by atoms with van der Waals surface area (Å²) in [4.78, 5) is 12.7. The summed E-state index contributed by atoms with van der Waals surface area (Å²) in [6.45, 7) is 6.72. The monoisotopic (exact) mass is 319 g/mol. The minimum Gasteiger partial charge on any atom is -0.493 e. The lowest BCUT2D eigenvalue weighted by Gasteiger charge is -2.23. The molecule has 0 bridgehead atoms. The number of hydrogen-bond donors (Lipinski definition) is 1. The standard InChI is InChI=1S/C21H21NO2/c1-4-18(19-8-6-5-7-15(19)3)21(23)22-17-9-10-20-16(12-17)11-14(2)13-24-20/h4,6,8-10,12,14H,11,13H2,1-3H3,(H,22,23)/b18-4+. The Morgan fingerprint density at radius 2 is 2.21 bits per heavy atom. The molecule has 1 heterocycles. The highest BCUT2D eigenvalue weighted by molar-refractivity contribution is 6.25. The smallest absolute Gasteiger partial charge is 0.255 e. The number of allylic oxidation sites excluding steroid dienone is 1. The van der Waals surface area contributed by atoms with Gasteiger partial charge in [0.2, 0.25) is 0 Å². The van der Waals surface area contributed by atoms with E-state index in [0.29, 0.717) is 11.5 Å². The van der Waals surface area contributed by atoms with Crippen molar-refractivity contribution >= 4 is 17.2 Å². The molecule has 1 aliphatic heterocycles. The molecule has 1 unspecified atom stereocenters. The fourth-order valence-corrected chi connectivity index (χ4v) is 2.99. The maximum absolute atomic E-state index is 12.7. The highest BCUT2D eigenvalue weighted by Crippen LogP contribution is 2.30. The van der Waals surface area contributed by atoms with Gasteiger partial charge in [0.1, 0.15) is 5.75 Å². The normalized spacial score (nSPS) is 16.6.